The van der Waals surface area contributed by atoms with Gasteiger partial charge in [0, 0.05) is 36.6 Å². The second-order valence-electron chi connectivity index (χ2n) is 7.78. The van der Waals surface area contributed by atoms with Gasteiger partial charge in [-0.2, -0.15) is 5.48 Å². The Morgan fingerprint density at radius 1 is 1.03 bits per heavy atom. The lowest BCUT2D eigenvalue weighted by atomic mass is 10.1. The molecule has 1 saturated heterocycles. The van der Waals surface area contributed by atoms with Crippen LogP contribution < -0.4 is 16.1 Å². The van der Waals surface area contributed by atoms with Crippen LogP contribution in [-0.4, -0.2) is 54.9 Å². The average molecular weight is 483 g/mol. The molecule has 0 atom stereocenters. The summed E-state index contributed by atoms with van der Waals surface area (Å²) in [5.41, 5.74) is 5.43. The molecule has 0 aliphatic carbocycles. The maximum Gasteiger partial charge on any atom is 0.434 e. The van der Waals surface area contributed by atoms with Gasteiger partial charge in [-0.05, 0) is 42.8 Å². The lowest BCUT2D eigenvalue weighted by Crippen LogP contribution is -2.43. The van der Waals surface area contributed by atoms with E-state index in [1.54, 1.807) is 60.0 Å². The summed E-state index contributed by atoms with van der Waals surface area (Å²) in [7, 11) is 0. The molecule has 1 aliphatic rings. The Labute approximate surface area is 205 Å². The number of anilines is 4. The monoisotopic (exact) mass is 483 g/mol. The number of rotatable bonds is 7. The molecule has 0 unspecified atom stereocenters. The van der Waals surface area contributed by atoms with Crippen LogP contribution >= 0.6 is 0 Å². The number of nitrogens with one attached hydrogen (secondary N) is 3. The molecule has 1 aliphatic heterocycles. The number of carbonyl (C=O) groups excluding carboxylic acids is 2. The third kappa shape index (κ3) is 5.01. The summed E-state index contributed by atoms with van der Waals surface area (Å²) in [6.45, 7) is 4.87. The van der Waals surface area contributed by atoms with Gasteiger partial charge in [0.15, 0.2) is 5.82 Å². The molecule has 0 spiro atoms. The Hall–Kier alpha value is -5.13. The Bertz CT molecular complexity index is 1440. The van der Waals surface area contributed by atoms with Crippen molar-refractivity contribution < 1.29 is 14.4 Å². The molecule has 0 aromatic carbocycles. The van der Waals surface area contributed by atoms with Crippen LogP contribution in [0.25, 0.3) is 22.3 Å². The van der Waals surface area contributed by atoms with Crippen molar-refractivity contribution in [1.82, 2.24) is 29.8 Å². The van der Waals surface area contributed by atoms with Crippen LogP contribution in [0.3, 0.4) is 0 Å². The van der Waals surface area contributed by atoms with E-state index in [1.807, 2.05) is 0 Å². The highest BCUT2D eigenvalue weighted by Gasteiger charge is 2.22. The quantitative estimate of drug-likeness (QED) is 0.263. The second-order valence-corrected chi connectivity index (χ2v) is 7.78. The van der Waals surface area contributed by atoms with E-state index < -0.39 is 6.09 Å². The van der Waals surface area contributed by atoms with E-state index in [1.165, 1.54) is 6.08 Å². The molecular weight excluding hydrogens is 462 g/mol. The standard InChI is InChI=1S/C24H21N9O3/c1-2-21(34)28-15-6-9-26-18(12-15)22-17-7-8-25-14-19(17)30-23(31-22)29-16-4-5-20(27-13-16)32-36-24(35)33-10-3-11-33/h2,4-9,12-14H,1,3,10-11H2,(H,27,32)(H,26,28,34)(H,29,30,31). The summed E-state index contributed by atoms with van der Waals surface area (Å²) in [4.78, 5) is 52.2. The first-order chi connectivity index (χ1) is 17.6. The zero-order chi connectivity index (χ0) is 24.9. The lowest BCUT2D eigenvalue weighted by Gasteiger charge is -2.29. The largest absolute Gasteiger partial charge is 0.434 e. The van der Waals surface area contributed by atoms with Crippen molar-refractivity contribution in [2.75, 3.05) is 29.2 Å². The van der Waals surface area contributed by atoms with Crippen LogP contribution in [-0.2, 0) is 9.63 Å². The number of aromatic nitrogens is 5. The molecule has 0 radical (unpaired) electrons. The molecule has 12 heteroatoms. The van der Waals surface area contributed by atoms with Gasteiger partial charge in [-0.3, -0.25) is 14.8 Å². The fourth-order valence-electron chi connectivity index (χ4n) is 3.38. The van der Waals surface area contributed by atoms with Gasteiger partial charge >= 0.3 is 6.09 Å². The number of hydrogen-bond donors (Lipinski definition) is 3. The Kier molecular flexibility index (Phi) is 6.30. The van der Waals surface area contributed by atoms with Gasteiger partial charge in [-0.15, -0.1) is 0 Å². The molecule has 36 heavy (non-hydrogen) atoms. The van der Waals surface area contributed by atoms with Crippen LogP contribution in [0, 0.1) is 0 Å². The molecule has 4 aromatic rings. The smallest absolute Gasteiger partial charge is 0.323 e. The van der Waals surface area contributed by atoms with E-state index in [9.17, 15) is 9.59 Å². The van der Waals surface area contributed by atoms with E-state index in [4.69, 9.17) is 4.84 Å². The minimum Gasteiger partial charge on any atom is -0.323 e. The molecule has 5 rings (SSSR count). The molecule has 2 amide bonds. The Morgan fingerprint density at radius 2 is 1.92 bits per heavy atom. The molecule has 1 fully saturated rings. The van der Waals surface area contributed by atoms with E-state index in [-0.39, 0.29) is 5.91 Å². The van der Waals surface area contributed by atoms with Gasteiger partial charge in [0.25, 0.3) is 0 Å². The van der Waals surface area contributed by atoms with Crippen LogP contribution in [0.2, 0.25) is 0 Å². The fourth-order valence-corrected chi connectivity index (χ4v) is 3.38. The maximum atomic E-state index is 11.8. The zero-order valence-corrected chi connectivity index (χ0v) is 19.0. The van der Waals surface area contributed by atoms with Crippen LogP contribution in [0.5, 0.6) is 0 Å². The lowest BCUT2D eigenvalue weighted by molar-refractivity contribution is -0.111. The van der Waals surface area contributed by atoms with Crippen LogP contribution in [0.15, 0.2) is 67.8 Å². The first-order valence-corrected chi connectivity index (χ1v) is 11.1. The highest BCUT2D eigenvalue weighted by molar-refractivity contribution is 5.99. The molecule has 180 valence electrons. The van der Waals surface area contributed by atoms with Gasteiger partial charge in [0.1, 0.15) is 5.69 Å². The summed E-state index contributed by atoms with van der Waals surface area (Å²) < 4.78 is 0. The van der Waals surface area contributed by atoms with Gasteiger partial charge in [-0.1, -0.05) is 6.58 Å². The molecule has 12 nitrogen and oxygen atoms in total. The van der Waals surface area contributed by atoms with E-state index in [0.717, 1.165) is 11.8 Å². The van der Waals surface area contributed by atoms with Crippen molar-refractivity contribution in [2.45, 2.75) is 6.42 Å². The van der Waals surface area contributed by atoms with Gasteiger partial charge < -0.3 is 20.4 Å². The van der Waals surface area contributed by atoms with Crippen molar-refractivity contribution in [3.63, 3.8) is 0 Å². The molecular formula is C24H21N9O3. The predicted molar refractivity (Wildman–Crippen MR) is 133 cm³/mol. The second kappa shape index (κ2) is 10.0. The highest BCUT2D eigenvalue weighted by atomic mass is 16.7. The van der Waals surface area contributed by atoms with Crippen molar-refractivity contribution in [3.8, 4) is 11.4 Å². The molecule has 3 N–H and O–H groups in total. The molecule has 4 aromatic heterocycles. The molecule has 0 bridgehead atoms. The average Bonchev–Trinajstić information content (AvgIpc) is 2.87. The molecule has 0 saturated carbocycles. The highest BCUT2D eigenvalue weighted by Crippen LogP contribution is 2.28. The van der Waals surface area contributed by atoms with Gasteiger partial charge in [0.2, 0.25) is 11.9 Å². The normalized spacial score (nSPS) is 12.4. The molecule has 5 heterocycles. The number of likely N-dealkylation sites (tertiary alicyclic amines) is 1. The number of carbonyl (C=O) groups is 2. The first kappa shape index (κ1) is 22.7. The fraction of sp³-hybridized carbons (Fsp3) is 0.125. The van der Waals surface area contributed by atoms with Crippen LogP contribution in [0.4, 0.5) is 27.9 Å². The predicted octanol–water partition coefficient (Wildman–Crippen LogP) is 3.52. The topological polar surface area (TPSA) is 147 Å². The zero-order valence-electron chi connectivity index (χ0n) is 19.0. The van der Waals surface area contributed by atoms with Gasteiger partial charge in [-0.25, -0.2) is 19.7 Å². The summed E-state index contributed by atoms with van der Waals surface area (Å²) >= 11 is 0. The first-order valence-electron chi connectivity index (χ1n) is 11.1. The van der Waals surface area contributed by atoms with E-state index in [2.05, 4.69) is 47.6 Å². The number of amides is 2. The third-order valence-electron chi connectivity index (χ3n) is 5.33. The summed E-state index contributed by atoms with van der Waals surface area (Å²) in [5.74, 6) is 0.355. The summed E-state index contributed by atoms with van der Waals surface area (Å²) in [5, 5.41) is 6.59. The number of fused-ring (bicyclic) bond motifs is 1. The van der Waals surface area contributed by atoms with Crippen molar-refractivity contribution in [3.05, 3.63) is 67.8 Å². The van der Waals surface area contributed by atoms with Crippen LogP contribution in [0.1, 0.15) is 6.42 Å². The maximum absolute atomic E-state index is 11.8. The van der Waals surface area contributed by atoms with E-state index in [0.29, 0.717) is 53.1 Å². The van der Waals surface area contributed by atoms with Gasteiger partial charge in [0.05, 0.1) is 29.3 Å². The Morgan fingerprint density at radius 3 is 2.67 bits per heavy atom. The van der Waals surface area contributed by atoms with Crippen molar-refractivity contribution in [2.24, 2.45) is 0 Å². The third-order valence-corrected chi connectivity index (χ3v) is 5.33. The minimum absolute atomic E-state index is 0.305. The minimum atomic E-state index is -0.433. The number of hydrogen-bond acceptors (Lipinski definition) is 10. The van der Waals surface area contributed by atoms with Crippen molar-refractivity contribution in [1.29, 1.82) is 0 Å². The Balaban J connectivity index is 1.37. The summed E-state index contributed by atoms with van der Waals surface area (Å²) in [6.07, 6.45) is 8.16. The number of nitrogens with zero attached hydrogens (tertiary/aromatic N) is 6. The SMILES string of the molecule is C=CC(=O)Nc1ccnc(-c2nc(Nc3ccc(NOC(=O)N4CCC4)nc3)nc3cnccc23)c1. The summed E-state index contributed by atoms with van der Waals surface area (Å²) in [6, 6.07) is 8.60. The number of pyridine rings is 3. The van der Waals surface area contributed by atoms with E-state index >= 15 is 0 Å². The van der Waals surface area contributed by atoms with Crippen molar-refractivity contribution >= 4 is 46.0 Å².